The lowest BCUT2D eigenvalue weighted by atomic mass is 10.1. The van der Waals surface area contributed by atoms with Crippen LogP contribution >= 0.6 is 0 Å². The molecule has 1 amide bonds. The topological polar surface area (TPSA) is 73.9 Å². The van der Waals surface area contributed by atoms with Crippen molar-refractivity contribution in [2.24, 2.45) is 0 Å². The highest BCUT2D eigenvalue weighted by atomic mass is 16.6. The first kappa shape index (κ1) is 15.9. The van der Waals surface area contributed by atoms with Crippen LogP contribution in [-0.2, 0) is 9.53 Å². The van der Waals surface area contributed by atoms with Crippen molar-refractivity contribution in [2.75, 3.05) is 13.2 Å². The second-order valence-corrected chi connectivity index (χ2v) is 5.13. The van der Waals surface area contributed by atoms with Crippen molar-refractivity contribution in [1.82, 2.24) is 5.32 Å². The third kappa shape index (κ3) is 3.48. The van der Waals surface area contributed by atoms with Crippen LogP contribution in [0.25, 0.3) is 0 Å². The highest BCUT2D eigenvalue weighted by Crippen LogP contribution is 2.30. The van der Waals surface area contributed by atoms with Gasteiger partial charge in [0.15, 0.2) is 12.8 Å². The summed E-state index contributed by atoms with van der Waals surface area (Å²) in [4.78, 5) is 23.5. The molecular weight excluding hydrogens is 310 g/mol. The largest absolute Gasteiger partial charge is 0.482 e. The molecule has 0 radical (unpaired) electrons. The number of benzene rings is 2. The minimum Gasteiger partial charge on any atom is -0.482 e. The Labute approximate surface area is 139 Å². The molecule has 0 unspecified atom stereocenters. The maximum absolute atomic E-state index is 12.2. The predicted octanol–water partition coefficient (Wildman–Crippen LogP) is 2.45. The maximum Gasteiger partial charge on any atom is 0.344 e. The third-order valence-electron chi connectivity index (χ3n) is 3.46. The normalized spacial score (nSPS) is 15.7. The van der Waals surface area contributed by atoms with E-state index in [4.69, 9.17) is 14.2 Å². The van der Waals surface area contributed by atoms with E-state index in [2.05, 4.69) is 5.32 Å². The lowest BCUT2D eigenvalue weighted by Crippen LogP contribution is -2.36. The van der Waals surface area contributed by atoms with Gasteiger partial charge in [-0.05, 0) is 31.2 Å². The van der Waals surface area contributed by atoms with E-state index in [-0.39, 0.29) is 12.5 Å². The zero-order chi connectivity index (χ0) is 16.9. The van der Waals surface area contributed by atoms with Crippen molar-refractivity contribution < 1.29 is 23.8 Å². The minimum atomic E-state index is -0.612. The van der Waals surface area contributed by atoms with Gasteiger partial charge in [0.1, 0.15) is 11.5 Å². The fourth-order valence-electron chi connectivity index (χ4n) is 2.37. The van der Waals surface area contributed by atoms with Gasteiger partial charge in [0.2, 0.25) is 0 Å². The van der Waals surface area contributed by atoms with Crippen LogP contribution in [0, 0.1) is 0 Å². The number of rotatable bonds is 5. The van der Waals surface area contributed by atoms with Crippen LogP contribution in [0.4, 0.5) is 0 Å². The van der Waals surface area contributed by atoms with Gasteiger partial charge in [-0.3, -0.25) is 4.79 Å². The zero-order valence-electron chi connectivity index (χ0n) is 13.2. The fraction of sp³-hybridized carbons (Fsp3) is 0.222. The van der Waals surface area contributed by atoms with Crippen LogP contribution in [0.15, 0.2) is 48.5 Å². The lowest BCUT2D eigenvalue weighted by Gasteiger charge is -2.27. The van der Waals surface area contributed by atoms with Crippen molar-refractivity contribution in [3.05, 3.63) is 59.7 Å². The fourth-order valence-corrected chi connectivity index (χ4v) is 2.37. The van der Waals surface area contributed by atoms with Gasteiger partial charge < -0.3 is 19.5 Å². The quantitative estimate of drug-likeness (QED) is 0.854. The van der Waals surface area contributed by atoms with Gasteiger partial charge in [0.25, 0.3) is 5.91 Å². The molecule has 0 aliphatic carbocycles. The van der Waals surface area contributed by atoms with E-state index in [1.165, 1.54) is 0 Å². The number of carbonyl (C=O) groups is 2. The summed E-state index contributed by atoms with van der Waals surface area (Å²) in [6.45, 7) is 1.88. The number of amides is 1. The molecule has 124 valence electrons. The highest BCUT2D eigenvalue weighted by molar-refractivity contribution is 5.97. The number of ether oxygens (including phenoxy) is 3. The van der Waals surface area contributed by atoms with Crippen molar-refractivity contribution in [2.45, 2.75) is 13.2 Å². The van der Waals surface area contributed by atoms with Crippen LogP contribution in [0.1, 0.15) is 29.1 Å². The van der Waals surface area contributed by atoms with Gasteiger partial charge in [-0.2, -0.15) is 0 Å². The zero-order valence-corrected chi connectivity index (χ0v) is 13.2. The highest BCUT2D eigenvalue weighted by Gasteiger charge is 2.26. The van der Waals surface area contributed by atoms with Crippen LogP contribution in [0.5, 0.6) is 11.5 Å². The molecule has 1 atom stereocenters. The molecule has 1 aliphatic rings. The smallest absolute Gasteiger partial charge is 0.344 e. The van der Waals surface area contributed by atoms with Crippen LogP contribution in [-0.4, -0.2) is 25.1 Å². The first-order chi connectivity index (χ1) is 11.7. The average Bonchev–Trinajstić information content (AvgIpc) is 2.60. The van der Waals surface area contributed by atoms with Crippen molar-refractivity contribution in [3.63, 3.8) is 0 Å². The SMILES string of the molecule is CCOC(=O)COc1cccc([C@@H]2NC(=O)c3ccccc3O2)c1. The van der Waals surface area contributed by atoms with Gasteiger partial charge in [0, 0.05) is 5.56 Å². The van der Waals surface area contributed by atoms with Crippen molar-refractivity contribution in [3.8, 4) is 11.5 Å². The molecule has 3 rings (SSSR count). The number of para-hydroxylation sites is 1. The van der Waals surface area contributed by atoms with Crippen molar-refractivity contribution in [1.29, 1.82) is 0 Å². The monoisotopic (exact) mass is 327 g/mol. The summed E-state index contributed by atoms with van der Waals surface area (Å²) in [5, 5.41) is 2.79. The summed E-state index contributed by atoms with van der Waals surface area (Å²) in [6, 6.07) is 14.1. The predicted molar refractivity (Wildman–Crippen MR) is 85.8 cm³/mol. The molecule has 2 aromatic carbocycles. The number of hydrogen-bond donors (Lipinski definition) is 1. The Balaban J connectivity index is 1.73. The van der Waals surface area contributed by atoms with Gasteiger partial charge in [-0.15, -0.1) is 0 Å². The Morgan fingerprint density at radius 3 is 2.88 bits per heavy atom. The summed E-state index contributed by atoms with van der Waals surface area (Å²) in [5.74, 6) is 0.403. The molecule has 0 bridgehead atoms. The van der Waals surface area contributed by atoms with Gasteiger partial charge >= 0.3 is 5.97 Å². The molecule has 0 fully saturated rings. The van der Waals surface area contributed by atoms with Crippen LogP contribution in [0.3, 0.4) is 0 Å². The van der Waals surface area contributed by atoms with E-state index in [1.807, 2.05) is 12.1 Å². The summed E-state index contributed by atoms with van der Waals surface area (Å²) in [5.41, 5.74) is 1.22. The van der Waals surface area contributed by atoms with Gasteiger partial charge in [-0.1, -0.05) is 24.3 Å². The van der Waals surface area contributed by atoms with E-state index in [9.17, 15) is 9.59 Å². The van der Waals surface area contributed by atoms with Gasteiger partial charge in [0.05, 0.1) is 12.2 Å². The van der Waals surface area contributed by atoms with E-state index in [0.29, 0.717) is 23.7 Å². The third-order valence-corrected chi connectivity index (χ3v) is 3.46. The number of carbonyl (C=O) groups excluding carboxylic acids is 2. The Bertz CT molecular complexity index is 759. The Hall–Kier alpha value is -3.02. The molecular formula is C18H17NO5. The number of fused-ring (bicyclic) bond motifs is 1. The van der Waals surface area contributed by atoms with Gasteiger partial charge in [-0.25, -0.2) is 4.79 Å². The molecule has 24 heavy (non-hydrogen) atoms. The van der Waals surface area contributed by atoms with Crippen LogP contribution in [0.2, 0.25) is 0 Å². The molecule has 1 aliphatic heterocycles. The second-order valence-electron chi connectivity index (χ2n) is 5.13. The molecule has 6 heteroatoms. The number of nitrogens with one attached hydrogen (secondary N) is 1. The van der Waals surface area contributed by atoms with Crippen molar-refractivity contribution >= 4 is 11.9 Å². The second kappa shape index (κ2) is 7.04. The summed E-state index contributed by atoms with van der Waals surface area (Å²) < 4.78 is 16.1. The Morgan fingerprint density at radius 2 is 2.04 bits per heavy atom. The lowest BCUT2D eigenvalue weighted by molar-refractivity contribution is -0.145. The number of esters is 1. The Morgan fingerprint density at radius 1 is 1.21 bits per heavy atom. The first-order valence-electron chi connectivity index (χ1n) is 7.62. The molecule has 1 heterocycles. The molecule has 0 spiro atoms. The molecule has 1 N–H and O–H groups in total. The molecule has 0 saturated heterocycles. The van der Waals surface area contributed by atoms with E-state index in [1.54, 1.807) is 43.3 Å². The minimum absolute atomic E-state index is 0.169. The maximum atomic E-state index is 12.2. The van der Waals surface area contributed by atoms with E-state index >= 15 is 0 Å². The van der Waals surface area contributed by atoms with E-state index < -0.39 is 12.2 Å². The molecule has 0 aromatic heterocycles. The summed E-state index contributed by atoms with van der Waals surface area (Å²) in [6.07, 6.45) is -0.612. The summed E-state index contributed by atoms with van der Waals surface area (Å²) in [7, 11) is 0. The first-order valence-corrected chi connectivity index (χ1v) is 7.62. The standard InChI is InChI=1S/C18H17NO5/c1-2-22-16(20)11-23-13-7-5-6-12(10-13)18-19-17(21)14-8-3-4-9-15(14)24-18/h3-10,18H,2,11H2,1H3,(H,19,21)/t18-/m1/s1. The summed E-state index contributed by atoms with van der Waals surface area (Å²) >= 11 is 0. The van der Waals surface area contributed by atoms with E-state index in [0.717, 1.165) is 5.56 Å². The van der Waals surface area contributed by atoms with Crippen LogP contribution < -0.4 is 14.8 Å². The number of hydrogen-bond acceptors (Lipinski definition) is 5. The molecule has 6 nitrogen and oxygen atoms in total. The molecule has 0 saturated carbocycles. The average molecular weight is 327 g/mol. The Kier molecular flexibility index (Phi) is 4.65. The molecule has 2 aromatic rings.